The van der Waals surface area contributed by atoms with Crippen molar-refractivity contribution in [1.29, 1.82) is 0 Å². The Balaban J connectivity index is 0. The summed E-state index contributed by atoms with van der Waals surface area (Å²) in [7, 11) is 0. The molecule has 3 rings (SSSR count). The van der Waals surface area contributed by atoms with Gasteiger partial charge in [0.15, 0.2) is 0 Å². The molecular formula is C22H33Cl3N3V. The van der Waals surface area contributed by atoms with Crippen molar-refractivity contribution >= 4 is 11.4 Å². The Bertz CT molecular complexity index is 600. The zero-order valence-electron chi connectivity index (χ0n) is 17.8. The van der Waals surface area contributed by atoms with Crippen molar-refractivity contribution in [2.45, 2.75) is 97.1 Å². The molecule has 1 aromatic heterocycles. The van der Waals surface area contributed by atoms with Crippen molar-refractivity contribution in [1.82, 2.24) is 4.98 Å². The van der Waals surface area contributed by atoms with Gasteiger partial charge >= 0.3 is 18.6 Å². The van der Waals surface area contributed by atoms with Crippen LogP contribution < -0.4 is 37.2 Å². The van der Waals surface area contributed by atoms with E-state index in [1.165, 1.54) is 69.8 Å². The van der Waals surface area contributed by atoms with Crippen molar-refractivity contribution in [2.24, 2.45) is 9.98 Å². The van der Waals surface area contributed by atoms with Crippen LogP contribution in [0.4, 0.5) is 0 Å². The third kappa shape index (κ3) is 9.74. The maximum atomic E-state index is 4.98. The van der Waals surface area contributed by atoms with Crippen molar-refractivity contribution < 1.29 is 55.8 Å². The Morgan fingerprint density at radius 3 is 1.41 bits per heavy atom. The molecule has 0 aromatic carbocycles. The molecule has 2 fully saturated rings. The second-order valence-corrected chi connectivity index (χ2v) is 7.93. The van der Waals surface area contributed by atoms with Crippen LogP contribution in [0.3, 0.4) is 0 Å². The summed E-state index contributed by atoms with van der Waals surface area (Å²) in [5, 5.41) is 0. The van der Waals surface area contributed by atoms with Crippen LogP contribution in [-0.4, -0.2) is 28.5 Å². The first-order chi connectivity index (χ1) is 12.1. The predicted octanol–water partition coefficient (Wildman–Crippen LogP) is -3.32. The van der Waals surface area contributed by atoms with Gasteiger partial charge in [0.1, 0.15) is 0 Å². The summed E-state index contributed by atoms with van der Waals surface area (Å²) in [5.41, 5.74) is 5.47. The number of aryl methyl sites for hydroxylation is 1. The monoisotopic (exact) mass is 495 g/mol. The summed E-state index contributed by atoms with van der Waals surface area (Å²) >= 11 is 0. The summed E-state index contributed by atoms with van der Waals surface area (Å²) in [6, 6.07) is 5.32. The Kier molecular flexibility index (Phi) is 16.9. The molecule has 0 bridgehead atoms. The van der Waals surface area contributed by atoms with Gasteiger partial charge in [0.2, 0.25) is 0 Å². The quantitative estimate of drug-likeness (QED) is 0.402. The van der Waals surface area contributed by atoms with Crippen LogP contribution in [-0.2, 0) is 18.6 Å². The van der Waals surface area contributed by atoms with E-state index < -0.39 is 0 Å². The number of halogens is 3. The molecule has 0 unspecified atom stereocenters. The van der Waals surface area contributed by atoms with Crippen LogP contribution in [0.25, 0.3) is 0 Å². The fourth-order valence-corrected chi connectivity index (χ4v) is 4.14. The summed E-state index contributed by atoms with van der Waals surface area (Å²) in [6.07, 6.45) is 13.0. The third-order valence-electron chi connectivity index (χ3n) is 5.61. The molecule has 2 saturated carbocycles. The average molecular weight is 497 g/mol. The molecule has 0 saturated heterocycles. The first-order valence-corrected chi connectivity index (χ1v) is 10.2. The molecule has 0 N–H and O–H groups in total. The van der Waals surface area contributed by atoms with Gasteiger partial charge in [-0.25, -0.2) is 4.98 Å². The summed E-state index contributed by atoms with van der Waals surface area (Å²) in [5.74, 6) is 0. The molecule has 0 amide bonds. The van der Waals surface area contributed by atoms with Crippen molar-refractivity contribution in [3.05, 3.63) is 29.1 Å². The van der Waals surface area contributed by atoms with Crippen molar-refractivity contribution in [3.63, 3.8) is 0 Å². The molecule has 3 nitrogen and oxygen atoms in total. The summed E-state index contributed by atoms with van der Waals surface area (Å²) in [6.45, 7) is 6.39. The maximum absolute atomic E-state index is 4.98. The van der Waals surface area contributed by atoms with Crippen LogP contribution in [0.1, 0.15) is 95.0 Å². The van der Waals surface area contributed by atoms with Crippen molar-refractivity contribution in [2.75, 3.05) is 0 Å². The van der Waals surface area contributed by atoms with Gasteiger partial charge in [-0.15, -0.1) is 0 Å². The Labute approximate surface area is 207 Å². The van der Waals surface area contributed by atoms with Crippen LogP contribution in [0.5, 0.6) is 0 Å². The first-order valence-electron chi connectivity index (χ1n) is 10.2. The third-order valence-corrected chi connectivity index (χ3v) is 5.61. The van der Waals surface area contributed by atoms with Gasteiger partial charge < -0.3 is 37.2 Å². The van der Waals surface area contributed by atoms with E-state index in [1.54, 1.807) is 0 Å². The van der Waals surface area contributed by atoms with E-state index in [9.17, 15) is 0 Å². The minimum absolute atomic E-state index is 0. The smallest absolute Gasteiger partial charge is 1.00 e. The normalized spacial score (nSPS) is 18.6. The van der Waals surface area contributed by atoms with Gasteiger partial charge in [0, 0.05) is 0 Å². The van der Waals surface area contributed by atoms with E-state index in [-0.39, 0.29) is 55.8 Å². The molecule has 0 atom stereocenters. The SMILES string of the molecule is CC(=NC1CCCCC1)c1cc(C)cc(C(C)=NC2CCCCC2)n1.[Cl-].[Cl-].[Cl-].[V+3]. The largest absolute Gasteiger partial charge is 3.00 e. The minimum Gasteiger partial charge on any atom is -1.00 e. The number of nitrogens with zero attached hydrogens (tertiary/aromatic N) is 3. The molecule has 2 aliphatic carbocycles. The van der Waals surface area contributed by atoms with Crippen molar-refractivity contribution in [3.8, 4) is 0 Å². The first kappa shape index (κ1) is 31.1. The number of pyridine rings is 1. The number of aromatic nitrogens is 1. The van der Waals surface area contributed by atoms with Crippen LogP contribution >= 0.6 is 0 Å². The van der Waals surface area contributed by atoms with E-state index >= 15 is 0 Å². The predicted molar refractivity (Wildman–Crippen MR) is 107 cm³/mol. The minimum atomic E-state index is 0. The van der Waals surface area contributed by atoms with E-state index in [1.807, 2.05) is 0 Å². The van der Waals surface area contributed by atoms with Gasteiger partial charge in [-0.3, -0.25) is 9.98 Å². The second kappa shape index (κ2) is 15.7. The Hall–Kier alpha value is -0.0556. The Morgan fingerprint density at radius 1 is 0.724 bits per heavy atom. The molecule has 29 heavy (non-hydrogen) atoms. The molecule has 1 aromatic rings. The fraction of sp³-hybridized carbons (Fsp3) is 0.682. The number of hydrogen-bond acceptors (Lipinski definition) is 3. The van der Waals surface area contributed by atoms with E-state index in [0.717, 1.165) is 22.8 Å². The molecule has 1 heterocycles. The zero-order chi connectivity index (χ0) is 17.6. The number of aliphatic imine (C=N–C) groups is 2. The van der Waals surface area contributed by atoms with Gasteiger partial charge in [-0.05, 0) is 64.2 Å². The maximum Gasteiger partial charge on any atom is 3.00 e. The fourth-order valence-electron chi connectivity index (χ4n) is 4.14. The van der Waals surface area contributed by atoms with Crippen LogP contribution in [0, 0.1) is 6.92 Å². The molecule has 162 valence electrons. The van der Waals surface area contributed by atoms with Crippen LogP contribution in [0.15, 0.2) is 22.1 Å². The van der Waals surface area contributed by atoms with Gasteiger partial charge in [-0.1, -0.05) is 38.5 Å². The van der Waals surface area contributed by atoms with E-state index in [2.05, 4.69) is 32.9 Å². The topological polar surface area (TPSA) is 37.6 Å². The van der Waals surface area contributed by atoms with Gasteiger partial charge in [0.25, 0.3) is 0 Å². The Morgan fingerprint density at radius 2 is 1.07 bits per heavy atom. The summed E-state index contributed by atoms with van der Waals surface area (Å²) < 4.78 is 0. The molecule has 7 heteroatoms. The van der Waals surface area contributed by atoms with Gasteiger partial charge in [0.05, 0.1) is 34.9 Å². The van der Waals surface area contributed by atoms with Gasteiger partial charge in [-0.2, -0.15) is 0 Å². The van der Waals surface area contributed by atoms with Crippen LogP contribution in [0.2, 0.25) is 0 Å². The average Bonchev–Trinajstić information content (AvgIpc) is 2.63. The molecule has 0 radical (unpaired) electrons. The molecule has 0 spiro atoms. The zero-order valence-corrected chi connectivity index (χ0v) is 21.5. The van der Waals surface area contributed by atoms with E-state index in [0.29, 0.717) is 12.1 Å². The molecule has 0 aliphatic heterocycles. The number of rotatable bonds is 4. The van der Waals surface area contributed by atoms with E-state index in [4.69, 9.17) is 15.0 Å². The summed E-state index contributed by atoms with van der Waals surface area (Å²) in [4.78, 5) is 14.9. The standard InChI is InChI=1S/C22H33N3.3ClH.V/c1-16-14-21(17(2)23-19-10-6-4-7-11-19)25-22(15-16)18(3)24-20-12-8-5-9-13-20;;;;/h14-15,19-20H,4-13H2,1-3H3;3*1H;/q;;;;+3/p-3. The second-order valence-electron chi connectivity index (χ2n) is 7.93. The number of hydrogen-bond donors (Lipinski definition) is 0. The molecular weight excluding hydrogens is 464 g/mol. The molecule has 2 aliphatic rings.